The first-order valence-corrected chi connectivity index (χ1v) is 5.03. The Bertz CT molecular complexity index is 417. The summed E-state index contributed by atoms with van der Waals surface area (Å²) in [6.07, 6.45) is 0. The Labute approximate surface area is 89.5 Å². The topological polar surface area (TPSA) is 92.4 Å². The van der Waals surface area contributed by atoms with E-state index in [9.17, 15) is 9.59 Å². The van der Waals surface area contributed by atoms with Crippen LogP contribution in [0.4, 0.5) is 9.93 Å². The molecule has 0 aliphatic carbocycles. The van der Waals surface area contributed by atoms with Crippen LogP contribution in [0.25, 0.3) is 0 Å². The molecule has 0 bridgehead atoms. The van der Waals surface area contributed by atoms with E-state index in [1.165, 1.54) is 16.2 Å². The second-order valence-corrected chi connectivity index (χ2v) is 4.25. The van der Waals surface area contributed by atoms with E-state index in [4.69, 9.17) is 5.73 Å². The molecule has 0 unspecified atom stereocenters. The van der Waals surface area contributed by atoms with Crippen LogP contribution in [0.2, 0.25) is 0 Å². The Morgan fingerprint density at radius 3 is 2.67 bits per heavy atom. The molecule has 1 fully saturated rings. The third-order valence-electron chi connectivity index (χ3n) is 2.01. The molecular weight excluding hydrogens is 218 g/mol. The fourth-order valence-electron chi connectivity index (χ4n) is 1.29. The zero-order valence-electron chi connectivity index (χ0n) is 8.01. The van der Waals surface area contributed by atoms with E-state index in [1.54, 1.807) is 7.05 Å². The summed E-state index contributed by atoms with van der Waals surface area (Å²) in [6.45, 7) is 0.268. The largest absolute Gasteiger partial charge is 0.374 e. The van der Waals surface area contributed by atoms with Gasteiger partial charge in [-0.25, -0.2) is 4.79 Å². The summed E-state index contributed by atoms with van der Waals surface area (Å²) < 4.78 is 0. The smallest absolute Gasteiger partial charge is 0.327 e. The minimum absolute atomic E-state index is 0.118. The number of carbonyl (C=O) groups is 2. The molecule has 1 aliphatic rings. The molecule has 1 saturated heterocycles. The fraction of sp³-hybridized carbons (Fsp3) is 0.429. The zero-order valence-corrected chi connectivity index (χ0v) is 8.82. The van der Waals surface area contributed by atoms with Crippen LogP contribution in [0.5, 0.6) is 0 Å². The highest BCUT2D eigenvalue weighted by molar-refractivity contribution is 7.15. The predicted molar refractivity (Wildman–Crippen MR) is 52.9 cm³/mol. The summed E-state index contributed by atoms with van der Waals surface area (Å²) in [4.78, 5) is 25.4. The minimum atomic E-state index is -0.311. The fourth-order valence-corrected chi connectivity index (χ4v) is 1.89. The van der Waals surface area contributed by atoms with E-state index in [1.807, 2.05) is 0 Å². The van der Waals surface area contributed by atoms with Crippen LogP contribution < -0.4 is 5.73 Å². The molecule has 80 valence electrons. The number of nitrogen functional groups attached to an aromatic ring is 1. The van der Waals surface area contributed by atoms with Gasteiger partial charge in [-0.2, -0.15) is 0 Å². The highest BCUT2D eigenvalue weighted by Crippen LogP contribution is 2.17. The molecule has 3 amide bonds. The molecule has 0 radical (unpaired) electrons. The molecule has 7 nitrogen and oxygen atoms in total. The number of nitrogens with two attached hydrogens (primary N) is 1. The molecular formula is C7H9N5O2S. The molecule has 2 N–H and O–H groups in total. The zero-order chi connectivity index (χ0) is 11.0. The lowest BCUT2D eigenvalue weighted by Crippen LogP contribution is -2.30. The molecule has 1 aliphatic heterocycles. The van der Waals surface area contributed by atoms with Gasteiger partial charge in [0.05, 0.1) is 6.54 Å². The third-order valence-corrected chi connectivity index (χ3v) is 2.74. The molecule has 0 atom stereocenters. The first kappa shape index (κ1) is 9.84. The summed E-state index contributed by atoms with van der Waals surface area (Å²) in [5.41, 5.74) is 5.40. The minimum Gasteiger partial charge on any atom is -0.374 e. The van der Waals surface area contributed by atoms with Gasteiger partial charge in [-0.05, 0) is 0 Å². The normalized spacial score (nSPS) is 16.6. The highest BCUT2D eigenvalue weighted by Gasteiger charge is 2.34. The van der Waals surface area contributed by atoms with Crippen molar-refractivity contribution < 1.29 is 9.59 Å². The number of likely N-dealkylation sites (N-methyl/N-ethyl adjacent to an activating group) is 1. The quantitative estimate of drug-likeness (QED) is 0.688. The van der Waals surface area contributed by atoms with Crippen LogP contribution in [0.3, 0.4) is 0 Å². The van der Waals surface area contributed by atoms with Crippen molar-refractivity contribution >= 4 is 28.4 Å². The number of nitrogens with zero attached hydrogens (tertiary/aromatic N) is 4. The van der Waals surface area contributed by atoms with Crippen molar-refractivity contribution in [3.63, 3.8) is 0 Å². The van der Waals surface area contributed by atoms with Crippen molar-refractivity contribution in [3.8, 4) is 0 Å². The number of hydrogen-bond donors (Lipinski definition) is 1. The average molecular weight is 227 g/mol. The van der Waals surface area contributed by atoms with E-state index >= 15 is 0 Å². The van der Waals surface area contributed by atoms with Crippen LogP contribution in [0.1, 0.15) is 5.01 Å². The van der Waals surface area contributed by atoms with E-state index in [0.29, 0.717) is 10.1 Å². The Hall–Kier alpha value is -1.70. The Morgan fingerprint density at radius 2 is 2.20 bits per heavy atom. The number of imide groups is 1. The summed E-state index contributed by atoms with van der Waals surface area (Å²) >= 11 is 1.17. The molecule has 0 aromatic carbocycles. The van der Waals surface area contributed by atoms with Crippen LogP contribution in [-0.2, 0) is 11.3 Å². The second kappa shape index (κ2) is 3.46. The number of rotatable bonds is 2. The highest BCUT2D eigenvalue weighted by atomic mass is 32.1. The van der Waals surface area contributed by atoms with E-state index < -0.39 is 0 Å². The van der Waals surface area contributed by atoms with E-state index in [0.717, 1.165) is 4.90 Å². The van der Waals surface area contributed by atoms with Crippen LogP contribution in [-0.4, -0.2) is 45.5 Å². The summed E-state index contributed by atoms with van der Waals surface area (Å²) in [5, 5.41) is 8.25. The molecule has 1 aromatic rings. The summed E-state index contributed by atoms with van der Waals surface area (Å²) in [6, 6.07) is -0.311. The number of hydrogen-bond acceptors (Lipinski definition) is 6. The average Bonchev–Trinajstić information content (AvgIpc) is 2.67. The van der Waals surface area contributed by atoms with Gasteiger partial charge in [0.1, 0.15) is 11.6 Å². The second-order valence-electron chi connectivity index (χ2n) is 3.15. The molecule has 2 rings (SSSR count). The van der Waals surface area contributed by atoms with Crippen molar-refractivity contribution in [1.29, 1.82) is 0 Å². The number of aromatic nitrogens is 2. The van der Waals surface area contributed by atoms with Crippen molar-refractivity contribution in [2.45, 2.75) is 6.54 Å². The molecule has 0 saturated carbocycles. The first-order chi connectivity index (χ1) is 7.08. The molecule has 8 heteroatoms. The Kier molecular flexibility index (Phi) is 2.27. The van der Waals surface area contributed by atoms with Crippen molar-refractivity contribution in [1.82, 2.24) is 20.0 Å². The molecule has 1 aromatic heterocycles. The Morgan fingerprint density at radius 1 is 1.47 bits per heavy atom. The lowest BCUT2D eigenvalue weighted by Gasteiger charge is -2.11. The maximum atomic E-state index is 11.5. The van der Waals surface area contributed by atoms with Gasteiger partial charge in [-0.15, -0.1) is 10.2 Å². The van der Waals surface area contributed by atoms with Crippen molar-refractivity contribution in [3.05, 3.63) is 5.01 Å². The SMILES string of the molecule is CN1CC(=O)N(Cc2nnc(N)s2)C1=O. The van der Waals surface area contributed by atoms with Crippen molar-refractivity contribution in [2.75, 3.05) is 19.3 Å². The van der Waals surface area contributed by atoms with Crippen LogP contribution >= 0.6 is 11.3 Å². The maximum absolute atomic E-state index is 11.5. The van der Waals surface area contributed by atoms with Crippen LogP contribution in [0.15, 0.2) is 0 Å². The summed E-state index contributed by atoms with van der Waals surface area (Å²) in [7, 11) is 1.58. The maximum Gasteiger partial charge on any atom is 0.327 e. The lowest BCUT2D eigenvalue weighted by atomic mass is 10.5. The van der Waals surface area contributed by atoms with Gasteiger partial charge < -0.3 is 10.6 Å². The number of carbonyl (C=O) groups excluding carboxylic acids is 2. The van der Waals surface area contributed by atoms with Gasteiger partial charge in [0.15, 0.2) is 0 Å². The Balaban J connectivity index is 2.12. The number of urea groups is 1. The molecule has 15 heavy (non-hydrogen) atoms. The number of amides is 3. The van der Waals surface area contributed by atoms with Gasteiger partial charge in [0, 0.05) is 7.05 Å². The standard InChI is InChI=1S/C7H9N5O2S/c1-11-3-5(13)12(7(11)14)2-4-9-10-6(8)15-4/h2-3H2,1H3,(H2,8,10). The van der Waals surface area contributed by atoms with Gasteiger partial charge in [0.2, 0.25) is 5.13 Å². The van der Waals surface area contributed by atoms with Gasteiger partial charge in [-0.1, -0.05) is 11.3 Å². The molecule has 2 heterocycles. The lowest BCUT2D eigenvalue weighted by molar-refractivity contribution is -0.125. The van der Waals surface area contributed by atoms with Crippen LogP contribution in [0, 0.1) is 0 Å². The van der Waals surface area contributed by atoms with E-state index in [2.05, 4.69) is 10.2 Å². The predicted octanol–water partition coefficient (Wildman–Crippen LogP) is -0.486. The van der Waals surface area contributed by atoms with Gasteiger partial charge in [0.25, 0.3) is 5.91 Å². The molecule has 0 spiro atoms. The van der Waals surface area contributed by atoms with Gasteiger partial charge in [-0.3, -0.25) is 9.69 Å². The van der Waals surface area contributed by atoms with Crippen molar-refractivity contribution in [2.24, 2.45) is 0 Å². The monoisotopic (exact) mass is 227 g/mol. The summed E-state index contributed by atoms with van der Waals surface area (Å²) in [5.74, 6) is -0.226. The van der Waals surface area contributed by atoms with E-state index in [-0.39, 0.29) is 25.0 Å². The number of anilines is 1. The van der Waals surface area contributed by atoms with Gasteiger partial charge >= 0.3 is 6.03 Å². The third kappa shape index (κ3) is 1.75. The first-order valence-electron chi connectivity index (χ1n) is 4.21.